The molecule has 0 radical (unpaired) electrons. The maximum Gasteiger partial charge on any atom is 0.339 e. The summed E-state index contributed by atoms with van der Waals surface area (Å²) in [6.45, 7) is 9.45. The van der Waals surface area contributed by atoms with Crippen LogP contribution in [0.1, 0.15) is 66.7 Å². The van der Waals surface area contributed by atoms with Crippen molar-refractivity contribution in [1.29, 1.82) is 0 Å². The predicted octanol–water partition coefficient (Wildman–Crippen LogP) is 6.38. The Labute approximate surface area is 208 Å². The zero-order chi connectivity index (χ0) is 26.0. The van der Waals surface area contributed by atoms with E-state index in [-0.39, 0.29) is 28.9 Å². The van der Waals surface area contributed by atoms with Crippen LogP contribution in [0.3, 0.4) is 0 Å². The van der Waals surface area contributed by atoms with Crippen LogP contribution in [-0.2, 0) is 9.53 Å². The number of nitrogens with one attached hydrogen (secondary N) is 1. The molecule has 8 heteroatoms. The van der Waals surface area contributed by atoms with Gasteiger partial charge in [0.15, 0.2) is 6.61 Å². The van der Waals surface area contributed by atoms with E-state index in [9.17, 15) is 14.0 Å². The van der Waals surface area contributed by atoms with Gasteiger partial charge in [-0.05, 0) is 60.2 Å². The minimum atomic E-state index is -0.714. The lowest BCUT2D eigenvalue weighted by Gasteiger charge is -2.20. The number of pyridine rings is 1. The molecule has 2 heterocycles. The third kappa shape index (κ3) is 5.12. The lowest BCUT2D eigenvalue weighted by Crippen LogP contribution is -2.23. The van der Waals surface area contributed by atoms with Crippen LogP contribution in [-0.4, -0.2) is 28.6 Å². The molecule has 2 aromatic carbocycles. The van der Waals surface area contributed by atoms with E-state index in [0.717, 1.165) is 16.8 Å². The Balaban J connectivity index is 1.58. The number of para-hydroxylation sites is 1. The zero-order valence-corrected chi connectivity index (χ0v) is 20.9. The summed E-state index contributed by atoms with van der Waals surface area (Å²) in [6, 6.07) is 13.2. The molecule has 0 spiro atoms. The van der Waals surface area contributed by atoms with Gasteiger partial charge in [0, 0.05) is 11.3 Å². The van der Waals surface area contributed by atoms with Gasteiger partial charge in [-0.3, -0.25) is 4.79 Å². The largest absolute Gasteiger partial charge is 0.452 e. The van der Waals surface area contributed by atoms with E-state index in [1.165, 1.54) is 18.2 Å². The lowest BCUT2D eigenvalue weighted by atomic mass is 9.92. The van der Waals surface area contributed by atoms with Gasteiger partial charge in [-0.2, -0.15) is 0 Å². The zero-order valence-electron chi connectivity index (χ0n) is 20.9. The van der Waals surface area contributed by atoms with Crippen molar-refractivity contribution >= 4 is 28.7 Å². The number of hydrogen-bond acceptors (Lipinski definition) is 6. The summed E-state index contributed by atoms with van der Waals surface area (Å²) >= 11 is 0. The molecule has 0 unspecified atom stereocenters. The Hall–Kier alpha value is -4.07. The standard InChI is InChI=1S/C28H28FN3O4/c1-15(2)20-7-6-8-21(16(3)4)26(20)31-24(33)14-35-28(34)22-13-23(18-9-11-19(29)12-10-18)30-27-25(22)17(5)32-36-27/h6-13,15-16H,14H2,1-5H3,(H,31,33). The number of fused-ring (bicyclic) bond motifs is 1. The second-order valence-electron chi connectivity index (χ2n) is 9.26. The predicted molar refractivity (Wildman–Crippen MR) is 135 cm³/mol. The van der Waals surface area contributed by atoms with Crippen LogP contribution in [0, 0.1) is 12.7 Å². The number of halogens is 1. The van der Waals surface area contributed by atoms with Crippen molar-refractivity contribution in [2.24, 2.45) is 0 Å². The number of aryl methyl sites for hydroxylation is 1. The van der Waals surface area contributed by atoms with E-state index in [0.29, 0.717) is 22.3 Å². The fourth-order valence-electron chi connectivity index (χ4n) is 4.10. The first-order valence-corrected chi connectivity index (χ1v) is 11.8. The van der Waals surface area contributed by atoms with E-state index in [2.05, 4.69) is 43.2 Å². The molecule has 7 nitrogen and oxygen atoms in total. The molecule has 1 amide bonds. The molecule has 0 aliphatic rings. The summed E-state index contributed by atoms with van der Waals surface area (Å²) in [7, 11) is 0. The first kappa shape index (κ1) is 25.0. The van der Waals surface area contributed by atoms with E-state index >= 15 is 0 Å². The van der Waals surface area contributed by atoms with Crippen LogP contribution < -0.4 is 5.32 Å². The van der Waals surface area contributed by atoms with Crippen LogP contribution in [0.5, 0.6) is 0 Å². The van der Waals surface area contributed by atoms with Crippen molar-refractivity contribution in [2.45, 2.75) is 46.5 Å². The Morgan fingerprint density at radius 2 is 1.67 bits per heavy atom. The Morgan fingerprint density at radius 3 is 2.28 bits per heavy atom. The average Bonchev–Trinajstić information content (AvgIpc) is 3.22. The molecule has 4 rings (SSSR count). The molecule has 4 aromatic rings. The number of aromatic nitrogens is 2. The van der Waals surface area contributed by atoms with Crippen molar-refractivity contribution < 1.29 is 23.2 Å². The van der Waals surface area contributed by atoms with Gasteiger partial charge in [0.05, 0.1) is 22.3 Å². The second kappa shape index (κ2) is 10.3. The van der Waals surface area contributed by atoms with Gasteiger partial charge < -0.3 is 14.6 Å². The van der Waals surface area contributed by atoms with Crippen molar-refractivity contribution in [3.8, 4) is 11.3 Å². The average molecular weight is 490 g/mol. The highest BCUT2D eigenvalue weighted by Crippen LogP contribution is 2.32. The fraction of sp³-hybridized carbons (Fsp3) is 0.286. The molecule has 36 heavy (non-hydrogen) atoms. The number of hydrogen-bond donors (Lipinski definition) is 1. The SMILES string of the molecule is Cc1noc2nc(-c3ccc(F)cc3)cc(C(=O)OCC(=O)Nc3c(C(C)C)cccc3C(C)C)c12. The number of amides is 1. The minimum Gasteiger partial charge on any atom is -0.452 e. The van der Waals surface area contributed by atoms with Gasteiger partial charge in [-0.25, -0.2) is 14.2 Å². The highest BCUT2D eigenvalue weighted by atomic mass is 19.1. The maximum absolute atomic E-state index is 13.4. The topological polar surface area (TPSA) is 94.3 Å². The quantitative estimate of drug-likeness (QED) is 0.303. The summed E-state index contributed by atoms with van der Waals surface area (Å²) in [5.41, 5.74) is 4.54. The highest BCUT2D eigenvalue weighted by Gasteiger charge is 2.22. The second-order valence-corrected chi connectivity index (χ2v) is 9.26. The van der Waals surface area contributed by atoms with Crippen LogP contribution in [0.2, 0.25) is 0 Å². The summed E-state index contributed by atoms with van der Waals surface area (Å²) in [6.07, 6.45) is 0. The minimum absolute atomic E-state index is 0.151. The Morgan fingerprint density at radius 1 is 1.03 bits per heavy atom. The van der Waals surface area contributed by atoms with E-state index in [4.69, 9.17) is 9.26 Å². The summed E-state index contributed by atoms with van der Waals surface area (Å²) in [4.78, 5) is 30.3. The summed E-state index contributed by atoms with van der Waals surface area (Å²) < 4.78 is 24.1. The molecule has 186 valence electrons. The maximum atomic E-state index is 13.4. The van der Waals surface area contributed by atoms with Crippen LogP contribution in [0.4, 0.5) is 10.1 Å². The van der Waals surface area contributed by atoms with Gasteiger partial charge in [-0.1, -0.05) is 51.1 Å². The van der Waals surface area contributed by atoms with Crippen molar-refractivity contribution in [2.75, 3.05) is 11.9 Å². The molecule has 0 saturated carbocycles. The Bertz CT molecular complexity index is 1400. The van der Waals surface area contributed by atoms with Crippen LogP contribution >= 0.6 is 0 Å². The molecule has 0 bridgehead atoms. The normalized spacial score (nSPS) is 11.3. The number of benzene rings is 2. The molecular weight excluding hydrogens is 461 g/mol. The van der Waals surface area contributed by atoms with E-state index in [1.807, 2.05) is 18.2 Å². The highest BCUT2D eigenvalue weighted by molar-refractivity contribution is 6.05. The first-order chi connectivity index (χ1) is 17.2. The van der Waals surface area contributed by atoms with Gasteiger partial charge in [0.2, 0.25) is 0 Å². The van der Waals surface area contributed by atoms with Crippen molar-refractivity contribution in [1.82, 2.24) is 10.1 Å². The van der Waals surface area contributed by atoms with Crippen LogP contribution in [0.25, 0.3) is 22.4 Å². The van der Waals surface area contributed by atoms with Crippen molar-refractivity contribution in [3.05, 3.63) is 76.7 Å². The Kier molecular flexibility index (Phi) is 7.15. The summed E-state index contributed by atoms with van der Waals surface area (Å²) in [5, 5.41) is 7.25. The fourth-order valence-corrected chi connectivity index (χ4v) is 4.10. The van der Waals surface area contributed by atoms with Gasteiger partial charge in [-0.15, -0.1) is 0 Å². The van der Waals surface area contributed by atoms with Gasteiger partial charge >= 0.3 is 5.97 Å². The molecular formula is C28H28FN3O4. The molecule has 0 atom stereocenters. The first-order valence-electron chi connectivity index (χ1n) is 11.8. The third-order valence-electron chi connectivity index (χ3n) is 5.95. The third-order valence-corrected chi connectivity index (χ3v) is 5.95. The molecule has 0 aliphatic heterocycles. The van der Waals surface area contributed by atoms with E-state index < -0.39 is 18.5 Å². The number of esters is 1. The number of ether oxygens (including phenoxy) is 1. The summed E-state index contributed by atoms with van der Waals surface area (Å²) in [5.74, 6) is -1.14. The number of carbonyl (C=O) groups is 2. The van der Waals surface area contributed by atoms with Crippen molar-refractivity contribution in [3.63, 3.8) is 0 Å². The van der Waals surface area contributed by atoms with Gasteiger partial charge in [0.1, 0.15) is 5.82 Å². The lowest BCUT2D eigenvalue weighted by molar-refractivity contribution is -0.119. The van der Waals surface area contributed by atoms with Gasteiger partial charge in [0.25, 0.3) is 11.6 Å². The molecule has 0 fully saturated rings. The number of rotatable bonds is 7. The number of carbonyl (C=O) groups excluding carboxylic acids is 2. The van der Waals surface area contributed by atoms with E-state index in [1.54, 1.807) is 19.1 Å². The van der Waals surface area contributed by atoms with Crippen LogP contribution in [0.15, 0.2) is 53.1 Å². The number of anilines is 1. The monoisotopic (exact) mass is 489 g/mol. The molecule has 2 aromatic heterocycles. The molecule has 1 N–H and O–H groups in total. The number of nitrogens with zero attached hydrogens (tertiary/aromatic N) is 2. The smallest absolute Gasteiger partial charge is 0.339 e. The molecule has 0 saturated heterocycles. The molecule has 0 aliphatic carbocycles.